The van der Waals surface area contributed by atoms with Gasteiger partial charge in [0.15, 0.2) is 0 Å². The average molecular weight is 339 g/mol. The van der Waals surface area contributed by atoms with Crippen molar-refractivity contribution in [1.29, 1.82) is 0 Å². The van der Waals surface area contributed by atoms with Crippen molar-refractivity contribution in [1.82, 2.24) is 24.8 Å². The zero-order chi connectivity index (χ0) is 17.3. The van der Waals surface area contributed by atoms with Crippen molar-refractivity contribution >= 4 is 5.91 Å². The van der Waals surface area contributed by atoms with Crippen LogP contribution in [0.1, 0.15) is 16.9 Å². The molecule has 1 spiro atoms. The van der Waals surface area contributed by atoms with Crippen LogP contribution in [0, 0.1) is 5.92 Å². The van der Waals surface area contributed by atoms with Gasteiger partial charge in [-0.3, -0.25) is 19.7 Å². The van der Waals surface area contributed by atoms with Gasteiger partial charge in [0.25, 0.3) is 5.91 Å². The second-order valence-electron chi connectivity index (χ2n) is 6.93. The molecular formula is C18H21N5O2. The zero-order valence-corrected chi connectivity index (χ0v) is 14.2. The fourth-order valence-corrected chi connectivity index (χ4v) is 3.85. The van der Waals surface area contributed by atoms with Crippen molar-refractivity contribution in [2.45, 2.75) is 12.0 Å². The third-order valence-electron chi connectivity index (χ3n) is 5.17. The number of aromatic nitrogens is 3. The first-order chi connectivity index (χ1) is 12.2. The first-order valence-corrected chi connectivity index (χ1v) is 8.46. The predicted molar refractivity (Wildman–Crippen MR) is 91.1 cm³/mol. The number of pyridine rings is 1. The Labute approximate surface area is 146 Å². The van der Waals surface area contributed by atoms with Crippen LogP contribution in [0.3, 0.4) is 0 Å². The third-order valence-corrected chi connectivity index (χ3v) is 5.17. The fourth-order valence-electron chi connectivity index (χ4n) is 3.85. The van der Waals surface area contributed by atoms with Gasteiger partial charge in [0.05, 0.1) is 24.5 Å². The van der Waals surface area contributed by atoms with E-state index in [2.05, 4.69) is 26.9 Å². The van der Waals surface area contributed by atoms with E-state index in [9.17, 15) is 4.79 Å². The van der Waals surface area contributed by atoms with Crippen LogP contribution in [0.25, 0.3) is 0 Å². The summed E-state index contributed by atoms with van der Waals surface area (Å²) in [5, 5.41) is 0. The highest BCUT2D eigenvalue weighted by molar-refractivity contribution is 5.92. The molecule has 0 aromatic carbocycles. The highest BCUT2D eigenvalue weighted by atomic mass is 16.5. The molecule has 2 saturated heterocycles. The van der Waals surface area contributed by atoms with Crippen LogP contribution in [-0.4, -0.2) is 69.5 Å². The molecule has 7 nitrogen and oxygen atoms in total. The summed E-state index contributed by atoms with van der Waals surface area (Å²) in [4.78, 5) is 28.8. The number of likely N-dealkylation sites (N-methyl/N-ethyl adjacent to an activating group) is 1. The van der Waals surface area contributed by atoms with Crippen molar-refractivity contribution in [2.24, 2.45) is 5.92 Å². The summed E-state index contributed by atoms with van der Waals surface area (Å²) in [5.74, 6) is 1.22. The predicted octanol–water partition coefficient (Wildman–Crippen LogP) is 1.10. The second-order valence-corrected chi connectivity index (χ2v) is 6.93. The maximum absolute atomic E-state index is 12.4. The van der Waals surface area contributed by atoms with Crippen LogP contribution >= 0.6 is 0 Å². The molecule has 2 aromatic heterocycles. The van der Waals surface area contributed by atoms with E-state index in [1.54, 1.807) is 24.8 Å². The van der Waals surface area contributed by atoms with Crippen molar-refractivity contribution in [3.8, 4) is 5.75 Å². The van der Waals surface area contributed by atoms with Gasteiger partial charge in [-0.15, -0.1) is 0 Å². The summed E-state index contributed by atoms with van der Waals surface area (Å²) < 4.78 is 5.86. The Hall–Kier alpha value is -2.54. The molecule has 0 aliphatic carbocycles. The maximum atomic E-state index is 12.4. The molecular weight excluding hydrogens is 318 g/mol. The summed E-state index contributed by atoms with van der Waals surface area (Å²) in [6.45, 7) is 3.13. The number of hydrogen-bond acceptors (Lipinski definition) is 6. The van der Waals surface area contributed by atoms with Gasteiger partial charge in [0.2, 0.25) is 0 Å². The maximum Gasteiger partial charge on any atom is 0.274 e. The molecule has 0 saturated carbocycles. The Bertz CT molecular complexity index is 734. The molecule has 0 N–H and O–H groups in total. The summed E-state index contributed by atoms with van der Waals surface area (Å²) in [6, 6.07) is 3.80. The first kappa shape index (κ1) is 16.0. The number of carbonyl (C=O) groups is 1. The van der Waals surface area contributed by atoms with E-state index in [0.29, 0.717) is 18.2 Å². The monoisotopic (exact) mass is 339 g/mol. The standard InChI is InChI=1S/C18H21N5O2/c1-22-10-14(11-25-15-3-2-4-19-8-15)7-18(22)12-23(13-18)17(24)16-9-20-5-6-21-16/h2-6,8-9,14H,7,10-13H2,1H3. The Morgan fingerprint density at radius 2 is 2.12 bits per heavy atom. The van der Waals surface area contributed by atoms with Crippen molar-refractivity contribution in [2.75, 3.05) is 33.3 Å². The number of amides is 1. The first-order valence-electron chi connectivity index (χ1n) is 8.46. The van der Waals surface area contributed by atoms with Crippen LogP contribution in [-0.2, 0) is 0 Å². The Morgan fingerprint density at radius 1 is 1.28 bits per heavy atom. The highest BCUT2D eigenvalue weighted by Gasteiger charge is 2.53. The minimum Gasteiger partial charge on any atom is -0.492 e. The minimum atomic E-state index is -0.0396. The van der Waals surface area contributed by atoms with Crippen LogP contribution < -0.4 is 4.74 Å². The van der Waals surface area contributed by atoms with E-state index < -0.39 is 0 Å². The largest absolute Gasteiger partial charge is 0.492 e. The molecule has 0 radical (unpaired) electrons. The van der Waals surface area contributed by atoms with E-state index in [4.69, 9.17) is 4.74 Å². The number of nitrogens with zero attached hydrogens (tertiary/aromatic N) is 5. The summed E-state index contributed by atoms with van der Waals surface area (Å²) >= 11 is 0. The Morgan fingerprint density at radius 3 is 2.84 bits per heavy atom. The highest BCUT2D eigenvalue weighted by Crippen LogP contribution is 2.39. The third kappa shape index (κ3) is 3.07. The SMILES string of the molecule is CN1CC(COc2cccnc2)CC12CN(C(=O)c1cnccn1)C2. The van der Waals surface area contributed by atoms with Gasteiger partial charge in [0, 0.05) is 44.1 Å². The molecule has 0 bridgehead atoms. The molecule has 1 amide bonds. The van der Waals surface area contributed by atoms with Crippen molar-refractivity contribution in [3.63, 3.8) is 0 Å². The van der Waals surface area contributed by atoms with Crippen LogP contribution in [0.2, 0.25) is 0 Å². The van der Waals surface area contributed by atoms with E-state index in [1.165, 1.54) is 6.20 Å². The van der Waals surface area contributed by atoms with Gasteiger partial charge in [0.1, 0.15) is 11.4 Å². The van der Waals surface area contributed by atoms with E-state index in [-0.39, 0.29) is 11.4 Å². The number of ether oxygens (including phenoxy) is 1. The normalized spacial score (nSPS) is 22.0. The molecule has 1 unspecified atom stereocenters. The van der Waals surface area contributed by atoms with Crippen molar-refractivity contribution in [3.05, 3.63) is 48.8 Å². The van der Waals surface area contributed by atoms with Crippen LogP contribution in [0.5, 0.6) is 5.75 Å². The lowest BCUT2D eigenvalue weighted by Gasteiger charge is -2.51. The molecule has 2 fully saturated rings. The van der Waals surface area contributed by atoms with Crippen LogP contribution in [0.15, 0.2) is 43.1 Å². The molecule has 1 atom stereocenters. The van der Waals surface area contributed by atoms with E-state index >= 15 is 0 Å². The van der Waals surface area contributed by atoms with E-state index in [0.717, 1.165) is 31.8 Å². The topological polar surface area (TPSA) is 71.5 Å². The lowest BCUT2D eigenvalue weighted by atomic mass is 9.84. The smallest absolute Gasteiger partial charge is 0.274 e. The molecule has 25 heavy (non-hydrogen) atoms. The quantitative estimate of drug-likeness (QED) is 0.831. The molecule has 2 aliphatic heterocycles. The van der Waals surface area contributed by atoms with Gasteiger partial charge in [-0.25, -0.2) is 4.98 Å². The summed E-state index contributed by atoms with van der Waals surface area (Å²) in [7, 11) is 2.13. The Balaban J connectivity index is 1.33. The minimum absolute atomic E-state index is 0.0396. The van der Waals surface area contributed by atoms with Gasteiger partial charge in [-0.05, 0) is 25.6 Å². The molecule has 130 valence electrons. The van der Waals surface area contributed by atoms with Gasteiger partial charge in [-0.1, -0.05) is 0 Å². The summed E-state index contributed by atoms with van der Waals surface area (Å²) in [5.41, 5.74) is 0.482. The number of carbonyl (C=O) groups excluding carboxylic acids is 1. The van der Waals surface area contributed by atoms with Crippen LogP contribution in [0.4, 0.5) is 0 Å². The van der Waals surface area contributed by atoms with Gasteiger partial charge >= 0.3 is 0 Å². The second kappa shape index (κ2) is 6.40. The lowest BCUT2D eigenvalue weighted by Crippen LogP contribution is -2.68. The number of hydrogen-bond donors (Lipinski definition) is 0. The average Bonchev–Trinajstić information content (AvgIpc) is 2.96. The number of rotatable bonds is 4. The fraction of sp³-hybridized carbons (Fsp3) is 0.444. The van der Waals surface area contributed by atoms with Crippen molar-refractivity contribution < 1.29 is 9.53 Å². The zero-order valence-electron chi connectivity index (χ0n) is 14.2. The molecule has 2 aromatic rings. The number of likely N-dealkylation sites (tertiary alicyclic amines) is 2. The molecule has 7 heteroatoms. The molecule has 4 rings (SSSR count). The Kier molecular flexibility index (Phi) is 4.09. The van der Waals surface area contributed by atoms with Gasteiger partial charge in [-0.2, -0.15) is 0 Å². The van der Waals surface area contributed by atoms with E-state index in [1.807, 2.05) is 17.0 Å². The summed E-state index contributed by atoms with van der Waals surface area (Å²) in [6.07, 6.45) is 9.16. The molecule has 4 heterocycles. The lowest BCUT2D eigenvalue weighted by molar-refractivity contribution is -0.00810. The molecule has 2 aliphatic rings. The van der Waals surface area contributed by atoms with Gasteiger partial charge < -0.3 is 9.64 Å².